The van der Waals surface area contributed by atoms with Crippen molar-refractivity contribution in [3.05, 3.63) is 29.9 Å². The molecule has 2 aromatic heterocycles. The van der Waals surface area contributed by atoms with E-state index in [1.165, 1.54) is 0 Å². The highest BCUT2D eigenvalue weighted by molar-refractivity contribution is 7.98. The Labute approximate surface area is 116 Å². The highest BCUT2D eigenvalue weighted by Gasteiger charge is 2.16. The number of nitrogens with one attached hydrogen (secondary N) is 1. The van der Waals surface area contributed by atoms with E-state index in [2.05, 4.69) is 34.0 Å². The van der Waals surface area contributed by atoms with E-state index in [0.717, 1.165) is 17.2 Å². The molecule has 1 atom stereocenters. The SMILES string of the molecule is CC(C)CSCc1noc([C@H](N)Cc2cnc[nH]2)n1. The number of aromatic amines is 1. The van der Waals surface area contributed by atoms with Gasteiger partial charge in [-0.15, -0.1) is 0 Å². The van der Waals surface area contributed by atoms with Crippen LogP contribution in [0.3, 0.4) is 0 Å². The van der Waals surface area contributed by atoms with Gasteiger partial charge in [0.15, 0.2) is 5.82 Å². The van der Waals surface area contributed by atoms with Gasteiger partial charge in [0.25, 0.3) is 0 Å². The molecule has 2 rings (SSSR count). The molecule has 0 aliphatic carbocycles. The fourth-order valence-electron chi connectivity index (χ4n) is 1.58. The first kappa shape index (κ1) is 14.1. The van der Waals surface area contributed by atoms with Crippen molar-refractivity contribution >= 4 is 11.8 Å². The first-order valence-corrected chi connectivity index (χ1v) is 7.43. The van der Waals surface area contributed by atoms with Gasteiger partial charge in [-0.2, -0.15) is 16.7 Å². The highest BCUT2D eigenvalue weighted by Crippen LogP contribution is 2.16. The molecule has 6 nitrogen and oxygen atoms in total. The second kappa shape index (κ2) is 6.72. The number of hydrogen-bond donors (Lipinski definition) is 2. The van der Waals surface area contributed by atoms with Gasteiger partial charge in [-0.1, -0.05) is 19.0 Å². The largest absolute Gasteiger partial charge is 0.348 e. The van der Waals surface area contributed by atoms with Gasteiger partial charge < -0.3 is 15.2 Å². The highest BCUT2D eigenvalue weighted by atomic mass is 32.2. The molecule has 104 valence electrons. The van der Waals surface area contributed by atoms with Crippen LogP contribution in [0.1, 0.15) is 37.3 Å². The predicted octanol–water partition coefficient (Wildman–Crippen LogP) is 1.92. The first-order chi connectivity index (χ1) is 9.15. The Kier molecular flexibility index (Phi) is 4.98. The summed E-state index contributed by atoms with van der Waals surface area (Å²) in [5, 5.41) is 3.95. The average Bonchev–Trinajstić information content (AvgIpc) is 2.99. The summed E-state index contributed by atoms with van der Waals surface area (Å²) in [5.74, 6) is 3.71. The number of H-pyrrole nitrogens is 1. The van der Waals surface area contributed by atoms with Crippen molar-refractivity contribution in [2.45, 2.75) is 32.1 Å². The van der Waals surface area contributed by atoms with Gasteiger partial charge in [0.05, 0.1) is 18.1 Å². The lowest BCUT2D eigenvalue weighted by Crippen LogP contribution is -2.14. The Bertz CT molecular complexity index is 482. The van der Waals surface area contributed by atoms with Crippen LogP contribution < -0.4 is 5.73 Å². The molecular weight excluding hydrogens is 262 g/mol. The van der Waals surface area contributed by atoms with E-state index in [1.807, 2.05) is 0 Å². The van der Waals surface area contributed by atoms with Gasteiger partial charge in [-0.3, -0.25) is 0 Å². The Balaban J connectivity index is 1.85. The van der Waals surface area contributed by atoms with Gasteiger partial charge in [-0.05, 0) is 11.7 Å². The molecule has 19 heavy (non-hydrogen) atoms. The van der Waals surface area contributed by atoms with E-state index in [0.29, 0.717) is 24.1 Å². The lowest BCUT2D eigenvalue weighted by atomic mass is 10.2. The van der Waals surface area contributed by atoms with Crippen molar-refractivity contribution in [2.24, 2.45) is 11.7 Å². The number of imidazole rings is 1. The van der Waals surface area contributed by atoms with Crippen LogP contribution in [0.5, 0.6) is 0 Å². The van der Waals surface area contributed by atoms with E-state index in [4.69, 9.17) is 10.3 Å². The normalized spacial score (nSPS) is 13.1. The third kappa shape index (κ3) is 4.36. The number of hydrogen-bond acceptors (Lipinski definition) is 6. The topological polar surface area (TPSA) is 93.6 Å². The summed E-state index contributed by atoms with van der Waals surface area (Å²) < 4.78 is 5.20. The van der Waals surface area contributed by atoms with Crippen molar-refractivity contribution < 1.29 is 4.52 Å². The molecule has 0 saturated carbocycles. The minimum Gasteiger partial charge on any atom is -0.348 e. The van der Waals surface area contributed by atoms with E-state index < -0.39 is 0 Å². The average molecular weight is 281 g/mol. The van der Waals surface area contributed by atoms with Crippen molar-refractivity contribution in [1.29, 1.82) is 0 Å². The number of nitrogens with two attached hydrogens (primary N) is 1. The van der Waals surface area contributed by atoms with E-state index in [-0.39, 0.29) is 6.04 Å². The number of aromatic nitrogens is 4. The van der Waals surface area contributed by atoms with Crippen LogP contribution in [0.15, 0.2) is 17.0 Å². The molecule has 0 aliphatic heterocycles. The minimum atomic E-state index is -0.295. The third-order valence-electron chi connectivity index (χ3n) is 2.48. The van der Waals surface area contributed by atoms with E-state index in [1.54, 1.807) is 24.3 Å². The molecule has 2 aromatic rings. The lowest BCUT2D eigenvalue weighted by Gasteiger charge is -2.03. The van der Waals surface area contributed by atoms with E-state index >= 15 is 0 Å². The molecule has 7 heteroatoms. The van der Waals surface area contributed by atoms with Crippen LogP contribution in [0.2, 0.25) is 0 Å². The zero-order valence-corrected chi connectivity index (χ0v) is 12.0. The molecule has 0 amide bonds. The van der Waals surface area contributed by atoms with Crippen LogP contribution in [-0.4, -0.2) is 25.9 Å². The van der Waals surface area contributed by atoms with Crippen LogP contribution in [0, 0.1) is 5.92 Å². The van der Waals surface area contributed by atoms with Gasteiger partial charge >= 0.3 is 0 Å². The standard InChI is InChI=1S/C12H19N5OS/c1-8(2)5-19-6-11-16-12(18-17-11)10(13)3-9-4-14-7-15-9/h4,7-8,10H,3,5-6,13H2,1-2H3,(H,14,15)/t10-/m1/s1. The Morgan fingerprint density at radius 3 is 3.00 bits per heavy atom. The molecule has 0 radical (unpaired) electrons. The van der Waals surface area contributed by atoms with Crippen molar-refractivity contribution in [2.75, 3.05) is 5.75 Å². The molecule has 0 unspecified atom stereocenters. The van der Waals surface area contributed by atoms with Gasteiger partial charge in [0.2, 0.25) is 5.89 Å². The number of rotatable bonds is 7. The van der Waals surface area contributed by atoms with Crippen LogP contribution in [-0.2, 0) is 12.2 Å². The fourth-order valence-corrected chi connectivity index (χ4v) is 2.47. The lowest BCUT2D eigenvalue weighted by molar-refractivity contribution is 0.350. The molecule has 0 fully saturated rings. The molecule has 0 bridgehead atoms. The van der Waals surface area contributed by atoms with Gasteiger partial charge in [0, 0.05) is 18.3 Å². The quantitative estimate of drug-likeness (QED) is 0.805. The summed E-state index contributed by atoms with van der Waals surface area (Å²) in [6.07, 6.45) is 3.99. The summed E-state index contributed by atoms with van der Waals surface area (Å²) in [4.78, 5) is 11.3. The van der Waals surface area contributed by atoms with Crippen LogP contribution in [0.25, 0.3) is 0 Å². The summed E-state index contributed by atoms with van der Waals surface area (Å²) in [6.45, 7) is 4.38. The maximum atomic E-state index is 6.03. The van der Waals surface area contributed by atoms with Gasteiger partial charge in [0.1, 0.15) is 0 Å². The monoisotopic (exact) mass is 281 g/mol. The Morgan fingerprint density at radius 2 is 2.32 bits per heavy atom. The molecular formula is C12H19N5OS. The minimum absolute atomic E-state index is 0.295. The van der Waals surface area contributed by atoms with Crippen molar-refractivity contribution in [1.82, 2.24) is 20.1 Å². The molecule has 0 aromatic carbocycles. The fraction of sp³-hybridized carbons (Fsp3) is 0.583. The van der Waals surface area contributed by atoms with Crippen molar-refractivity contribution in [3.63, 3.8) is 0 Å². The third-order valence-corrected chi connectivity index (χ3v) is 3.84. The molecule has 0 aliphatic rings. The maximum Gasteiger partial charge on any atom is 0.243 e. The summed E-state index contributed by atoms with van der Waals surface area (Å²) in [5.41, 5.74) is 6.99. The second-order valence-corrected chi connectivity index (χ2v) is 5.88. The molecule has 0 saturated heterocycles. The van der Waals surface area contributed by atoms with Crippen LogP contribution in [0.4, 0.5) is 0 Å². The summed E-state index contributed by atoms with van der Waals surface area (Å²) in [7, 11) is 0. The summed E-state index contributed by atoms with van der Waals surface area (Å²) >= 11 is 1.80. The van der Waals surface area contributed by atoms with E-state index in [9.17, 15) is 0 Å². The van der Waals surface area contributed by atoms with Crippen molar-refractivity contribution in [3.8, 4) is 0 Å². The number of thioether (sulfide) groups is 1. The smallest absolute Gasteiger partial charge is 0.243 e. The molecule has 3 N–H and O–H groups in total. The Hall–Kier alpha value is -1.34. The predicted molar refractivity (Wildman–Crippen MR) is 74.5 cm³/mol. The molecule has 2 heterocycles. The summed E-state index contributed by atoms with van der Waals surface area (Å²) in [6, 6.07) is -0.295. The van der Waals surface area contributed by atoms with Gasteiger partial charge in [-0.25, -0.2) is 4.98 Å². The molecule has 0 spiro atoms. The zero-order chi connectivity index (χ0) is 13.7. The van der Waals surface area contributed by atoms with Crippen LogP contribution >= 0.6 is 11.8 Å². The first-order valence-electron chi connectivity index (χ1n) is 6.28. The Morgan fingerprint density at radius 1 is 1.47 bits per heavy atom. The second-order valence-electron chi connectivity index (χ2n) is 4.85. The zero-order valence-electron chi connectivity index (χ0n) is 11.2. The maximum absolute atomic E-state index is 6.03. The number of nitrogens with zero attached hydrogens (tertiary/aromatic N) is 3.